The summed E-state index contributed by atoms with van der Waals surface area (Å²) in [6.45, 7) is 3.48. The van der Waals surface area contributed by atoms with Crippen LogP contribution in [0.1, 0.15) is 17.7 Å². The van der Waals surface area contributed by atoms with Crippen molar-refractivity contribution in [2.45, 2.75) is 19.4 Å². The summed E-state index contributed by atoms with van der Waals surface area (Å²) in [6, 6.07) is 0. The third-order valence-corrected chi connectivity index (χ3v) is 3.91. The normalized spacial score (nSPS) is 22.4. The summed E-state index contributed by atoms with van der Waals surface area (Å²) < 4.78 is 0.621. The number of rotatable bonds is 4. The molecule has 0 aliphatic carbocycles. The molecule has 3 nitrogen and oxygen atoms in total. The van der Waals surface area contributed by atoms with E-state index in [2.05, 4.69) is 9.88 Å². The molecule has 5 heteroatoms. The Bertz CT molecular complexity index is 318. The van der Waals surface area contributed by atoms with Crippen molar-refractivity contribution in [2.75, 3.05) is 19.7 Å². The Kier molecular flexibility index (Phi) is 3.97. The number of aromatic nitrogens is 1. The smallest absolute Gasteiger partial charge is 0.183 e. The van der Waals surface area contributed by atoms with E-state index in [1.807, 2.05) is 6.20 Å². The molecule has 2 heterocycles. The molecule has 0 bridgehead atoms. The number of nitrogens with zero attached hydrogens (tertiary/aromatic N) is 2. The van der Waals surface area contributed by atoms with Crippen LogP contribution in [0.15, 0.2) is 6.20 Å². The Balaban J connectivity index is 1.82. The van der Waals surface area contributed by atoms with E-state index in [4.69, 9.17) is 16.7 Å². The zero-order chi connectivity index (χ0) is 10.7. The standard InChI is InChI=1S/C10H15ClN2OS/c11-10-12-5-9(15-10)7-13-3-1-8(6-13)2-4-14/h5,8,14H,1-4,6-7H2. The summed E-state index contributed by atoms with van der Waals surface area (Å²) >= 11 is 7.33. The van der Waals surface area contributed by atoms with E-state index < -0.39 is 0 Å². The number of halogens is 1. The Morgan fingerprint density at radius 3 is 3.20 bits per heavy atom. The van der Waals surface area contributed by atoms with Gasteiger partial charge >= 0.3 is 0 Å². The Hall–Kier alpha value is -0.160. The van der Waals surface area contributed by atoms with Crippen LogP contribution < -0.4 is 0 Å². The predicted molar refractivity (Wildman–Crippen MR) is 62.2 cm³/mol. The van der Waals surface area contributed by atoms with Crippen molar-refractivity contribution in [1.29, 1.82) is 0 Å². The molecule has 1 aromatic rings. The zero-order valence-corrected chi connectivity index (χ0v) is 10.1. The first-order chi connectivity index (χ1) is 7.28. The lowest BCUT2D eigenvalue weighted by Crippen LogP contribution is -2.19. The van der Waals surface area contributed by atoms with Crippen LogP contribution >= 0.6 is 22.9 Å². The number of hydrogen-bond donors (Lipinski definition) is 1. The average molecular weight is 247 g/mol. The number of thiazole rings is 1. The van der Waals surface area contributed by atoms with Crippen LogP contribution in [0, 0.1) is 5.92 Å². The van der Waals surface area contributed by atoms with Crippen LogP contribution in [0.3, 0.4) is 0 Å². The van der Waals surface area contributed by atoms with Crippen LogP contribution in [-0.4, -0.2) is 34.7 Å². The molecule has 15 heavy (non-hydrogen) atoms. The minimum Gasteiger partial charge on any atom is -0.396 e. The Morgan fingerprint density at radius 2 is 2.53 bits per heavy atom. The van der Waals surface area contributed by atoms with Gasteiger partial charge in [0, 0.05) is 30.8 Å². The monoisotopic (exact) mass is 246 g/mol. The number of hydrogen-bond acceptors (Lipinski definition) is 4. The van der Waals surface area contributed by atoms with Gasteiger partial charge in [-0.05, 0) is 25.3 Å². The molecule has 0 saturated carbocycles. The van der Waals surface area contributed by atoms with E-state index in [-0.39, 0.29) is 0 Å². The highest BCUT2D eigenvalue weighted by Crippen LogP contribution is 2.24. The molecule has 1 aromatic heterocycles. The molecule has 84 valence electrons. The number of aliphatic hydroxyl groups excluding tert-OH is 1. The summed E-state index contributed by atoms with van der Waals surface area (Å²) in [4.78, 5) is 7.66. The first-order valence-electron chi connectivity index (χ1n) is 5.21. The van der Waals surface area contributed by atoms with Gasteiger partial charge in [0.05, 0.1) is 0 Å². The van der Waals surface area contributed by atoms with Gasteiger partial charge in [0.15, 0.2) is 4.47 Å². The zero-order valence-electron chi connectivity index (χ0n) is 8.53. The molecule has 0 radical (unpaired) electrons. The molecule has 1 fully saturated rings. The van der Waals surface area contributed by atoms with Gasteiger partial charge in [0.25, 0.3) is 0 Å². The van der Waals surface area contributed by atoms with Crippen molar-refractivity contribution in [3.05, 3.63) is 15.5 Å². The fourth-order valence-electron chi connectivity index (χ4n) is 2.05. The van der Waals surface area contributed by atoms with Crippen molar-refractivity contribution in [3.8, 4) is 0 Å². The van der Waals surface area contributed by atoms with E-state index in [0.29, 0.717) is 17.0 Å². The quantitative estimate of drug-likeness (QED) is 0.883. The van der Waals surface area contributed by atoms with E-state index >= 15 is 0 Å². The summed E-state index contributed by atoms with van der Waals surface area (Å²) in [7, 11) is 0. The topological polar surface area (TPSA) is 36.4 Å². The van der Waals surface area contributed by atoms with Gasteiger partial charge in [-0.3, -0.25) is 4.90 Å². The largest absolute Gasteiger partial charge is 0.396 e. The second kappa shape index (κ2) is 5.25. The molecule has 1 atom stereocenters. The molecular weight excluding hydrogens is 232 g/mol. The molecule has 1 aliphatic heterocycles. The fraction of sp³-hybridized carbons (Fsp3) is 0.700. The number of aliphatic hydroxyl groups is 1. The lowest BCUT2D eigenvalue weighted by atomic mass is 10.1. The molecule has 1 N–H and O–H groups in total. The van der Waals surface area contributed by atoms with E-state index in [1.165, 1.54) is 11.3 Å². The molecule has 0 spiro atoms. The van der Waals surface area contributed by atoms with Crippen molar-refractivity contribution < 1.29 is 5.11 Å². The van der Waals surface area contributed by atoms with Gasteiger partial charge in [0.2, 0.25) is 0 Å². The van der Waals surface area contributed by atoms with Crippen LogP contribution in [0.4, 0.5) is 0 Å². The van der Waals surface area contributed by atoms with Crippen molar-refractivity contribution in [3.63, 3.8) is 0 Å². The van der Waals surface area contributed by atoms with Gasteiger partial charge in [-0.15, -0.1) is 11.3 Å². The Labute approximate surface area is 98.7 Å². The fourth-order valence-corrected chi connectivity index (χ4v) is 3.07. The van der Waals surface area contributed by atoms with E-state index in [0.717, 1.165) is 26.1 Å². The second-order valence-electron chi connectivity index (χ2n) is 3.98. The first-order valence-corrected chi connectivity index (χ1v) is 6.41. The molecule has 0 aromatic carbocycles. The lowest BCUT2D eigenvalue weighted by molar-refractivity contribution is 0.250. The molecule has 1 unspecified atom stereocenters. The SMILES string of the molecule is OCCC1CCN(Cc2cnc(Cl)s2)C1. The molecule has 0 amide bonds. The van der Waals surface area contributed by atoms with Gasteiger partial charge in [-0.1, -0.05) is 11.6 Å². The summed E-state index contributed by atoms with van der Waals surface area (Å²) in [5.41, 5.74) is 0. The molecule has 1 aliphatic rings. The molecule has 2 rings (SSSR count). The van der Waals surface area contributed by atoms with Gasteiger partial charge in [0.1, 0.15) is 0 Å². The minimum absolute atomic E-state index is 0.310. The average Bonchev–Trinajstić information content (AvgIpc) is 2.78. The maximum Gasteiger partial charge on any atom is 0.183 e. The Morgan fingerprint density at radius 1 is 1.67 bits per heavy atom. The highest BCUT2D eigenvalue weighted by atomic mass is 35.5. The van der Waals surface area contributed by atoms with E-state index in [9.17, 15) is 0 Å². The second-order valence-corrected chi connectivity index (χ2v) is 5.68. The predicted octanol–water partition coefficient (Wildman–Crippen LogP) is 2.00. The van der Waals surface area contributed by atoms with Crippen molar-refractivity contribution >= 4 is 22.9 Å². The van der Waals surface area contributed by atoms with Crippen LogP contribution in [0.25, 0.3) is 0 Å². The highest BCUT2D eigenvalue weighted by Gasteiger charge is 2.22. The summed E-state index contributed by atoms with van der Waals surface area (Å²) in [6.07, 6.45) is 3.99. The lowest BCUT2D eigenvalue weighted by Gasteiger charge is -2.13. The van der Waals surface area contributed by atoms with Crippen LogP contribution in [0.5, 0.6) is 0 Å². The van der Waals surface area contributed by atoms with Crippen LogP contribution in [0.2, 0.25) is 4.47 Å². The summed E-state index contributed by atoms with van der Waals surface area (Å²) in [5, 5.41) is 8.86. The summed E-state index contributed by atoms with van der Waals surface area (Å²) in [5.74, 6) is 0.665. The highest BCUT2D eigenvalue weighted by molar-refractivity contribution is 7.15. The van der Waals surface area contributed by atoms with Gasteiger partial charge < -0.3 is 5.11 Å². The minimum atomic E-state index is 0.310. The van der Waals surface area contributed by atoms with Gasteiger partial charge in [-0.2, -0.15) is 0 Å². The van der Waals surface area contributed by atoms with Crippen molar-refractivity contribution in [1.82, 2.24) is 9.88 Å². The molecule has 1 saturated heterocycles. The third-order valence-electron chi connectivity index (χ3n) is 2.81. The maximum atomic E-state index is 8.86. The van der Waals surface area contributed by atoms with Crippen LogP contribution in [-0.2, 0) is 6.54 Å². The molecular formula is C10H15ClN2OS. The third kappa shape index (κ3) is 3.14. The maximum absolute atomic E-state index is 8.86. The van der Waals surface area contributed by atoms with Gasteiger partial charge in [-0.25, -0.2) is 4.98 Å². The van der Waals surface area contributed by atoms with E-state index in [1.54, 1.807) is 11.3 Å². The number of likely N-dealkylation sites (tertiary alicyclic amines) is 1. The first kappa shape index (κ1) is 11.3. The van der Waals surface area contributed by atoms with Crippen molar-refractivity contribution in [2.24, 2.45) is 5.92 Å².